The van der Waals surface area contributed by atoms with Crippen molar-refractivity contribution in [2.75, 3.05) is 0 Å². The molecule has 1 unspecified atom stereocenters. The lowest BCUT2D eigenvalue weighted by atomic mass is 10.0. The summed E-state index contributed by atoms with van der Waals surface area (Å²) in [5, 5.41) is 2.45. The van der Waals surface area contributed by atoms with Crippen molar-refractivity contribution in [1.29, 1.82) is 0 Å². The Labute approximate surface area is 137 Å². The van der Waals surface area contributed by atoms with Crippen molar-refractivity contribution in [2.24, 2.45) is 0 Å². The Morgan fingerprint density at radius 2 is 1.91 bits per heavy atom. The predicted molar refractivity (Wildman–Crippen MR) is 84.1 cm³/mol. The summed E-state index contributed by atoms with van der Waals surface area (Å²) in [7, 11) is 0. The number of piperidine rings is 1. The molecule has 0 spiro atoms. The van der Waals surface area contributed by atoms with Gasteiger partial charge < -0.3 is 0 Å². The van der Waals surface area contributed by atoms with E-state index in [0.717, 1.165) is 9.80 Å². The SMILES string of the molecule is CC(C)Sc1cccc2c1C(=O)N(C1CCC(=O)NC1=O)C2=O. The molecular weight excluding hydrogens is 316 g/mol. The topological polar surface area (TPSA) is 83.6 Å². The first-order valence-corrected chi connectivity index (χ1v) is 8.29. The molecule has 23 heavy (non-hydrogen) atoms. The first-order valence-electron chi connectivity index (χ1n) is 7.41. The van der Waals surface area contributed by atoms with Crippen LogP contribution in [0.5, 0.6) is 0 Å². The van der Waals surface area contributed by atoms with Crippen LogP contribution in [0.3, 0.4) is 0 Å². The average molecular weight is 332 g/mol. The Kier molecular flexibility index (Phi) is 3.97. The molecule has 3 rings (SSSR count). The number of imide groups is 2. The molecule has 1 fully saturated rings. The average Bonchev–Trinajstić information content (AvgIpc) is 2.72. The van der Waals surface area contributed by atoms with Gasteiger partial charge in [-0.25, -0.2) is 0 Å². The van der Waals surface area contributed by atoms with Crippen molar-refractivity contribution in [3.05, 3.63) is 29.3 Å². The second-order valence-corrected chi connectivity index (χ2v) is 7.41. The number of thioether (sulfide) groups is 1. The van der Waals surface area contributed by atoms with Crippen LogP contribution in [0.25, 0.3) is 0 Å². The van der Waals surface area contributed by atoms with Gasteiger partial charge in [-0.3, -0.25) is 29.4 Å². The zero-order chi connectivity index (χ0) is 16.7. The third-order valence-electron chi connectivity index (χ3n) is 3.79. The molecule has 1 aromatic carbocycles. The summed E-state index contributed by atoms with van der Waals surface area (Å²) in [6.45, 7) is 4.01. The van der Waals surface area contributed by atoms with Crippen LogP contribution in [0.2, 0.25) is 0 Å². The first-order chi connectivity index (χ1) is 10.9. The number of rotatable bonds is 3. The molecule has 0 bridgehead atoms. The summed E-state index contributed by atoms with van der Waals surface area (Å²) >= 11 is 1.51. The Morgan fingerprint density at radius 3 is 2.57 bits per heavy atom. The monoisotopic (exact) mass is 332 g/mol. The molecule has 1 atom stereocenters. The Bertz CT molecular complexity index is 729. The maximum Gasteiger partial charge on any atom is 0.263 e. The number of carbonyl (C=O) groups excluding carboxylic acids is 4. The van der Waals surface area contributed by atoms with E-state index in [0.29, 0.717) is 11.1 Å². The lowest BCUT2D eigenvalue weighted by Gasteiger charge is -2.27. The van der Waals surface area contributed by atoms with Crippen LogP contribution in [0, 0.1) is 0 Å². The quantitative estimate of drug-likeness (QED) is 0.671. The molecule has 6 nitrogen and oxygen atoms in total. The van der Waals surface area contributed by atoms with Gasteiger partial charge in [0, 0.05) is 16.6 Å². The molecule has 1 saturated heterocycles. The van der Waals surface area contributed by atoms with E-state index in [1.54, 1.807) is 12.1 Å². The minimum atomic E-state index is -0.919. The van der Waals surface area contributed by atoms with Crippen molar-refractivity contribution >= 4 is 35.4 Å². The highest BCUT2D eigenvalue weighted by molar-refractivity contribution is 8.00. The molecule has 0 aliphatic carbocycles. The second-order valence-electron chi connectivity index (χ2n) is 5.79. The van der Waals surface area contributed by atoms with Gasteiger partial charge in [-0.05, 0) is 18.6 Å². The van der Waals surface area contributed by atoms with Gasteiger partial charge in [0.2, 0.25) is 11.8 Å². The van der Waals surface area contributed by atoms with Crippen molar-refractivity contribution in [3.63, 3.8) is 0 Å². The van der Waals surface area contributed by atoms with E-state index in [-0.39, 0.29) is 24.0 Å². The lowest BCUT2D eigenvalue weighted by molar-refractivity contribution is -0.136. The highest BCUT2D eigenvalue weighted by Gasteiger charge is 2.45. The number of amides is 4. The summed E-state index contributed by atoms with van der Waals surface area (Å²) in [6, 6.07) is 4.23. The second kappa shape index (κ2) is 5.81. The standard InChI is InChI=1S/C16H16N2O4S/c1-8(2)23-11-5-3-4-9-13(11)16(22)18(15(9)21)10-6-7-12(19)17-14(10)20/h3-5,8,10H,6-7H2,1-2H3,(H,17,19,20). The maximum absolute atomic E-state index is 12.8. The summed E-state index contributed by atoms with van der Waals surface area (Å²) < 4.78 is 0. The number of fused-ring (bicyclic) bond motifs is 1. The first kappa shape index (κ1) is 15.7. The molecule has 0 saturated carbocycles. The number of hydrogen-bond acceptors (Lipinski definition) is 5. The molecule has 120 valence electrons. The smallest absolute Gasteiger partial charge is 0.263 e. The highest BCUT2D eigenvalue weighted by atomic mass is 32.2. The number of hydrogen-bond donors (Lipinski definition) is 1. The minimum absolute atomic E-state index is 0.122. The number of carbonyl (C=O) groups is 4. The molecule has 1 N–H and O–H groups in total. The fraction of sp³-hybridized carbons (Fsp3) is 0.375. The largest absolute Gasteiger partial charge is 0.295 e. The van der Waals surface area contributed by atoms with Gasteiger partial charge in [0.1, 0.15) is 6.04 Å². The number of nitrogens with zero attached hydrogens (tertiary/aromatic N) is 1. The van der Waals surface area contributed by atoms with Crippen LogP contribution in [0.1, 0.15) is 47.4 Å². The van der Waals surface area contributed by atoms with Gasteiger partial charge in [-0.2, -0.15) is 0 Å². The van der Waals surface area contributed by atoms with E-state index < -0.39 is 23.8 Å². The van der Waals surface area contributed by atoms with Crippen molar-refractivity contribution < 1.29 is 19.2 Å². The highest BCUT2D eigenvalue weighted by Crippen LogP contribution is 2.35. The van der Waals surface area contributed by atoms with Crippen LogP contribution >= 0.6 is 11.8 Å². The molecule has 0 aromatic heterocycles. The van der Waals surface area contributed by atoms with Gasteiger partial charge in [-0.1, -0.05) is 19.9 Å². The van der Waals surface area contributed by atoms with E-state index in [9.17, 15) is 19.2 Å². The Hall–Kier alpha value is -2.15. The van der Waals surface area contributed by atoms with Crippen LogP contribution < -0.4 is 5.32 Å². The molecule has 2 aliphatic rings. The van der Waals surface area contributed by atoms with Gasteiger partial charge >= 0.3 is 0 Å². The fourth-order valence-corrected chi connectivity index (χ4v) is 3.82. The van der Waals surface area contributed by atoms with Crippen molar-refractivity contribution in [2.45, 2.75) is 42.9 Å². The molecular formula is C16H16N2O4S. The van der Waals surface area contributed by atoms with Gasteiger partial charge in [-0.15, -0.1) is 11.8 Å². The van der Waals surface area contributed by atoms with Crippen LogP contribution in [-0.2, 0) is 9.59 Å². The maximum atomic E-state index is 12.8. The summed E-state index contributed by atoms with van der Waals surface area (Å²) in [5.74, 6) is -1.89. The van der Waals surface area contributed by atoms with Crippen molar-refractivity contribution in [1.82, 2.24) is 10.2 Å². The zero-order valence-corrected chi connectivity index (χ0v) is 13.6. The van der Waals surface area contributed by atoms with E-state index in [2.05, 4.69) is 5.32 Å². The fourth-order valence-electron chi connectivity index (χ4n) is 2.84. The van der Waals surface area contributed by atoms with Crippen LogP contribution in [0.15, 0.2) is 23.1 Å². The molecule has 0 radical (unpaired) electrons. The number of nitrogens with one attached hydrogen (secondary N) is 1. The third kappa shape index (κ3) is 2.65. The minimum Gasteiger partial charge on any atom is -0.295 e. The van der Waals surface area contributed by atoms with Crippen LogP contribution in [-0.4, -0.2) is 39.8 Å². The van der Waals surface area contributed by atoms with Crippen LogP contribution in [0.4, 0.5) is 0 Å². The molecule has 2 heterocycles. The predicted octanol–water partition coefficient (Wildman–Crippen LogP) is 1.59. The molecule has 7 heteroatoms. The van der Waals surface area contributed by atoms with E-state index in [1.165, 1.54) is 11.8 Å². The Balaban J connectivity index is 1.98. The lowest BCUT2D eigenvalue weighted by Crippen LogP contribution is -2.54. The van der Waals surface area contributed by atoms with Gasteiger partial charge in [0.25, 0.3) is 11.8 Å². The third-order valence-corrected chi connectivity index (χ3v) is 4.86. The molecule has 4 amide bonds. The van der Waals surface area contributed by atoms with E-state index in [1.807, 2.05) is 19.9 Å². The Morgan fingerprint density at radius 1 is 1.17 bits per heavy atom. The van der Waals surface area contributed by atoms with E-state index >= 15 is 0 Å². The number of benzene rings is 1. The normalized spacial score (nSPS) is 21.0. The van der Waals surface area contributed by atoms with Gasteiger partial charge in [0.05, 0.1) is 11.1 Å². The van der Waals surface area contributed by atoms with Gasteiger partial charge in [0.15, 0.2) is 0 Å². The summed E-state index contributed by atoms with van der Waals surface area (Å²) in [6.07, 6.45) is 0.292. The molecule has 1 aromatic rings. The molecule has 2 aliphatic heterocycles. The zero-order valence-electron chi connectivity index (χ0n) is 12.8. The summed E-state index contributed by atoms with van der Waals surface area (Å²) in [4.78, 5) is 50.4. The van der Waals surface area contributed by atoms with Crippen molar-refractivity contribution in [3.8, 4) is 0 Å². The summed E-state index contributed by atoms with van der Waals surface area (Å²) in [5.41, 5.74) is 0.686. The van der Waals surface area contributed by atoms with E-state index in [4.69, 9.17) is 0 Å².